The number of benzene rings is 1. The number of nitrogen functional groups attached to an aromatic ring is 1. The fourth-order valence-corrected chi connectivity index (χ4v) is 1.96. The van der Waals surface area contributed by atoms with Gasteiger partial charge in [0.15, 0.2) is 0 Å². The second-order valence-electron chi connectivity index (χ2n) is 3.96. The second kappa shape index (κ2) is 5.71. The standard InChI is InChI=1S/C13H13BrN4O/c1-8-11(5-6-12(15)16-8)18-13(19)17-10-4-2-3-9(14)7-10/h2-7H,1H3,(H2,15,16)(H2,17,18,19). The van der Waals surface area contributed by atoms with Gasteiger partial charge in [0.1, 0.15) is 5.82 Å². The zero-order valence-electron chi connectivity index (χ0n) is 10.3. The van der Waals surface area contributed by atoms with Crippen molar-refractivity contribution in [1.29, 1.82) is 0 Å². The second-order valence-corrected chi connectivity index (χ2v) is 4.87. The van der Waals surface area contributed by atoms with Crippen LogP contribution in [-0.4, -0.2) is 11.0 Å². The largest absolute Gasteiger partial charge is 0.384 e. The Labute approximate surface area is 119 Å². The summed E-state index contributed by atoms with van der Waals surface area (Å²) in [7, 11) is 0. The number of hydrogen-bond donors (Lipinski definition) is 3. The Morgan fingerprint density at radius 2 is 2.05 bits per heavy atom. The van der Waals surface area contributed by atoms with Crippen LogP contribution in [-0.2, 0) is 0 Å². The van der Waals surface area contributed by atoms with Crippen LogP contribution in [0.3, 0.4) is 0 Å². The van der Waals surface area contributed by atoms with Gasteiger partial charge in [-0.1, -0.05) is 22.0 Å². The fraction of sp³-hybridized carbons (Fsp3) is 0.0769. The maximum Gasteiger partial charge on any atom is 0.323 e. The van der Waals surface area contributed by atoms with Gasteiger partial charge < -0.3 is 16.4 Å². The highest BCUT2D eigenvalue weighted by atomic mass is 79.9. The van der Waals surface area contributed by atoms with E-state index in [-0.39, 0.29) is 6.03 Å². The van der Waals surface area contributed by atoms with Crippen molar-refractivity contribution < 1.29 is 4.79 Å². The number of hydrogen-bond acceptors (Lipinski definition) is 3. The molecule has 1 heterocycles. The van der Waals surface area contributed by atoms with Crippen molar-refractivity contribution in [2.24, 2.45) is 0 Å². The fourth-order valence-electron chi connectivity index (χ4n) is 1.56. The molecule has 0 unspecified atom stereocenters. The molecule has 0 spiro atoms. The summed E-state index contributed by atoms with van der Waals surface area (Å²) < 4.78 is 0.899. The minimum absolute atomic E-state index is 0.326. The number of carbonyl (C=O) groups excluding carboxylic acids is 1. The maximum atomic E-state index is 11.8. The van der Waals surface area contributed by atoms with E-state index >= 15 is 0 Å². The van der Waals surface area contributed by atoms with Crippen molar-refractivity contribution in [3.63, 3.8) is 0 Å². The van der Waals surface area contributed by atoms with E-state index in [1.54, 1.807) is 25.1 Å². The molecule has 0 radical (unpaired) electrons. The van der Waals surface area contributed by atoms with Gasteiger partial charge >= 0.3 is 6.03 Å². The van der Waals surface area contributed by atoms with Crippen molar-refractivity contribution in [1.82, 2.24) is 4.98 Å². The van der Waals surface area contributed by atoms with E-state index in [1.165, 1.54) is 0 Å². The van der Waals surface area contributed by atoms with Gasteiger partial charge in [0.2, 0.25) is 0 Å². The number of aryl methyl sites for hydroxylation is 1. The molecule has 1 aromatic carbocycles. The Balaban J connectivity index is 2.05. The zero-order valence-corrected chi connectivity index (χ0v) is 11.9. The van der Waals surface area contributed by atoms with Crippen molar-refractivity contribution >= 4 is 39.2 Å². The van der Waals surface area contributed by atoms with Gasteiger partial charge in [0.05, 0.1) is 11.4 Å². The highest BCUT2D eigenvalue weighted by Crippen LogP contribution is 2.17. The minimum Gasteiger partial charge on any atom is -0.384 e. The summed E-state index contributed by atoms with van der Waals surface area (Å²) in [5.74, 6) is 0.426. The first-order chi connectivity index (χ1) is 9.04. The summed E-state index contributed by atoms with van der Waals surface area (Å²) in [5.41, 5.74) is 7.55. The number of urea groups is 1. The number of nitrogens with one attached hydrogen (secondary N) is 2. The summed E-state index contributed by atoms with van der Waals surface area (Å²) in [4.78, 5) is 15.9. The Bertz CT molecular complexity index is 615. The van der Waals surface area contributed by atoms with Crippen LogP contribution in [0.15, 0.2) is 40.9 Å². The number of aromatic nitrogens is 1. The molecule has 19 heavy (non-hydrogen) atoms. The Kier molecular flexibility index (Phi) is 4.01. The molecule has 98 valence electrons. The molecule has 0 aliphatic rings. The lowest BCUT2D eigenvalue weighted by Gasteiger charge is -2.10. The van der Waals surface area contributed by atoms with E-state index in [2.05, 4.69) is 31.5 Å². The van der Waals surface area contributed by atoms with Crippen LogP contribution in [0.2, 0.25) is 0 Å². The van der Waals surface area contributed by atoms with E-state index in [0.717, 1.165) is 4.47 Å². The number of anilines is 3. The molecule has 0 saturated carbocycles. The summed E-state index contributed by atoms with van der Waals surface area (Å²) in [5, 5.41) is 5.46. The van der Waals surface area contributed by atoms with E-state index in [9.17, 15) is 4.79 Å². The van der Waals surface area contributed by atoms with Crippen molar-refractivity contribution in [2.75, 3.05) is 16.4 Å². The minimum atomic E-state index is -0.326. The molecular formula is C13H13BrN4O. The highest BCUT2D eigenvalue weighted by molar-refractivity contribution is 9.10. The first kappa shape index (κ1) is 13.4. The molecule has 2 rings (SSSR count). The number of nitrogens with zero attached hydrogens (tertiary/aromatic N) is 1. The van der Waals surface area contributed by atoms with Crippen LogP contribution in [0.25, 0.3) is 0 Å². The lowest BCUT2D eigenvalue weighted by Crippen LogP contribution is -2.20. The molecule has 5 nitrogen and oxygen atoms in total. The highest BCUT2D eigenvalue weighted by Gasteiger charge is 2.06. The maximum absolute atomic E-state index is 11.8. The van der Waals surface area contributed by atoms with Gasteiger partial charge in [0, 0.05) is 10.2 Å². The SMILES string of the molecule is Cc1nc(N)ccc1NC(=O)Nc1cccc(Br)c1. The van der Waals surface area contributed by atoms with Gasteiger partial charge in [0.25, 0.3) is 0 Å². The molecule has 0 aliphatic carbocycles. The van der Waals surface area contributed by atoms with Crippen LogP contribution >= 0.6 is 15.9 Å². The van der Waals surface area contributed by atoms with Crippen LogP contribution in [0.5, 0.6) is 0 Å². The lowest BCUT2D eigenvalue weighted by atomic mass is 10.3. The number of rotatable bonds is 2. The average Bonchev–Trinajstić information content (AvgIpc) is 2.33. The Morgan fingerprint density at radius 1 is 1.26 bits per heavy atom. The third-order valence-electron chi connectivity index (χ3n) is 2.44. The van der Waals surface area contributed by atoms with Crippen LogP contribution in [0, 0.1) is 6.92 Å². The van der Waals surface area contributed by atoms with Gasteiger partial charge in [-0.25, -0.2) is 9.78 Å². The van der Waals surface area contributed by atoms with Crippen LogP contribution in [0.1, 0.15) is 5.69 Å². The van der Waals surface area contributed by atoms with Crippen molar-refractivity contribution in [3.05, 3.63) is 46.6 Å². The molecule has 2 amide bonds. The van der Waals surface area contributed by atoms with E-state index in [4.69, 9.17) is 5.73 Å². The summed E-state index contributed by atoms with van der Waals surface area (Å²) >= 11 is 3.34. The molecule has 6 heteroatoms. The van der Waals surface area contributed by atoms with E-state index in [0.29, 0.717) is 22.9 Å². The zero-order chi connectivity index (χ0) is 13.8. The molecule has 0 fully saturated rings. The molecule has 0 saturated heterocycles. The average molecular weight is 321 g/mol. The Hall–Kier alpha value is -2.08. The van der Waals surface area contributed by atoms with Crippen LogP contribution < -0.4 is 16.4 Å². The van der Waals surface area contributed by atoms with E-state index in [1.807, 2.05) is 18.2 Å². The third kappa shape index (κ3) is 3.69. The number of halogens is 1. The van der Waals surface area contributed by atoms with Crippen molar-refractivity contribution in [3.8, 4) is 0 Å². The monoisotopic (exact) mass is 320 g/mol. The molecule has 4 N–H and O–H groups in total. The summed E-state index contributed by atoms with van der Waals surface area (Å²) in [6.45, 7) is 1.78. The predicted octanol–water partition coefficient (Wildman–Crippen LogP) is 3.38. The summed E-state index contributed by atoms with van der Waals surface area (Å²) in [6, 6.07) is 10.4. The lowest BCUT2D eigenvalue weighted by molar-refractivity contribution is 0.262. The van der Waals surface area contributed by atoms with Crippen molar-refractivity contribution in [2.45, 2.75) is 6.92 Å². The molecule has 0 atom stereocenters. The topological polar surface area (TPSA) is 80.0 Å². The Morgan fingerprint density at radius 3 is 2.74 bits per heavy atom. The van der Waals surface area contributed by atoms with Gasteiger partial charge in [-0.05, 0) is 37.3 Å². The normalized spacial score (nSPS) is 10.0. The van der Waals surface area contributed by atoms with Gasteiger partial charge in [-0.15, -0.1) is 0 Å². The number of nitrogens with two attached hydrogens (primary N) is 1. The van der Waals surface area contributed by atoms with Gasteiger partial charge in [-0.3, -0.25) is 0 Å². The molecule has 1 aromatic heterocycles. The molecule has 0 bridgehead atoms. The van der Waals surface area contributed by atoms with Gasteiger partial charge in [-0.2, -0.15) is 0 Å². The predicted molar refractivity (Wildman–Crippen MR) is 80.2 cm³/mol. The first-order valence-electron chi connectivity index (χ1n) is 5.61. The number of carbonyl (C=O) groups is 1. The molecule has 2 aromatic rings. The first-order valence-corrected chi connectivity index (χ1v) is 6.40. The number of pyridine rings is 1. The molecular weight excluding hydrogens is 308 g/mol. The quantitative estimate of drug-likeness (QED) is 0.793. The molecule has 0 aliphatic heterocycles. The smallest absolute Gasteiger partial charge is 0.323 e. The third-order valence-corrected chi connectivity index (χ3v) is 2.93. The summed E-state index contributed by atoms with van der Waals surface area (Å²) in [6.07, 6.45) is 0. The van der Waals surface area contributed by atoms with Crippen LogP contribution in [0.4, 0.5) is 22.0 Å². The number of amides is 2. The van der Waals surface area contributed by atoms with E-state index < -0.39 is 0 Å².